The van der Waals surface area contributed by atoms with Crippen LogP contribution in [0.2, 0.25) is 0 Å². The van der Waals surface area contributed by atoms with Gasteiger partial charge < -0.3 is 14.8 Å². The molecule has 1 aromatic heterocycles. The minimum Gasteiger partial charge on any atom is -0.455 e. The Labute approximate surface area is 146 Å². The summed E-state index contributed by atoms with van der Waals surface area (Å²) in [5.41, 5.74) is 1.05. The molecule has 0 fully saturated rings. The predicted octanol–water partition coefficient (Wildman–Crippen LogP) is 4.18. The maximum atomic E-state index is 13.5. The van der Waals surface area contributed by atoms with Crippen LogP contribution in [-0.4, -0.2) is 23.2 Å². The number of fused-ring (bicyclic) bond motifs is 2. The van der Waals surface area contributed by atoms with Gasteiger partial charge in [0.25, 0.3) is 0 Å². The van der Waals surface area contributed by atoms with Gasteiger partial charge in [-0.15, -0.1) is 0 Å². The second kappa shape index (κ2) is 6.70. The number of pyridine rings is 1. The molecule has 2 heterocycles. The number of para-hydroxylation sites is 1. The molecule has 5 nitrogen and oxygen atoms in total. The Bertz CT molecular complexity index is 786. The SMILES string of the molecule is CC(C)(C)OC(=O)NC[C@H]1Cc2ncc(F)cc2Oc2ccccc21. The fourth-order valence-electron chi connectivity index (χ4n) is 2.77. The van der Waals surface area contributed by atoms with E-state index in [4.69, 9.17) is 9.47 Å². The van der Waals surface area contributed by atoms with E-state index in [-0.39, 0.29) is 5.92 Å². The molecule has 1 amide bonds. The van der Waals surface area contributed by atoms with Crippen LogP contribution in [0.4, 0.5) is 9.18 Å². The van der Waals surface area contributed by atoms with Gasteiger partial charge in [-0.2, -0.15) is 0 Å². The van der Waals surface area contributed by atoms with Gasteiger partial charge in [0.15, 0.2) is 5.75 Å². The first-order valence-corrected chi connectivity index (χ1v) is 8.20. The lowest BCUT2D eigenvalue weighted by Gasteiger charge is -2.22. The van der Waals surface area contributed by atoms with Crippen LogP contribution in [-0.2, 0) is 11.2 Å². The smallest absolute Gasteiger partial charge is 0.407 e. The molecule has 1 N–H and O–H groups in total. The van der Waals surface area contributed by atoms with Crippen molar-refractivity contribution >= 4 is 6.09 Å². The highest BCUT2D eigenvalue weighted by molar-refractivity contribution is 5.67. The quantitative estimate of drug-likeness (QED) is 0.888. The molecule has 6 heteroatoms. The second-order valence-corrected chi connectivity index (χ2v) is 7.02. The standard InChI is InChI=1S/C19H21FN2O3/c1-19(2,3)25-18(23)22-10-12-8-15-17(9-13(20)11-21-15)24-16-7-5-4-6-14(12)16/h4-7,9,11-12H,8,10H2,1-3H3,(H,22,23)/t12-/m1/s1. The summed E-state index contributed by atoms with van der Waals surface area (Å²) >= 11 is 0. The van der Waals surface area contributed by atoms with Crippen molar-refractivity contribution in [1.29, 1.82) is 0 Å². The molecule has 132 valence electrons. The number of hydrogen-bond donors (Lipinski definition) is 1. The predicted molar refractivity (Wildman–Crippen MR) is 91.4 cm³/mol. The molecule has 2 aromatic rings. The summed E-state index contributed by atoms with van der Waals surface area (Å²) in [7, 11) is 0. The van der Waals surface area contributed by atoms with Crippen molar-refractivity contribution in [3.05, 3.63) is 53.6 Å². The zero-order valence-corrected chi connectivity index (χ0v) is 14.5. The average Bonchev–Trinajstić information content (AvgIpc) is 2.67. The summed E-state index contributed by atoms with van der Waals surface area (Å²) < 4.78 is 24.6. The zero-order valence-electron chi connectivity index (χ0n) is 14.5. The highest BCUT2D eigenvalue weighted by atomic mass is 19.1. The fraction of sp³-hybridized carbons (Fsp3) is 0.368. The Hall–Kier alpha value is -2.63. The third-order valence-electron chi connectivity index (χ3n) is 3.81. The van der Waals surface area contributed by atoms with Crippen molar-refractivity contribution in [3.63, 3.8) is 0 Å². The molecule has 0 spiro atoms. The number of alkyl carbamates (subject to hydrolysis) is 1. The van der Waals surface area contributed by atoms with E-state index in [0.29, 0.717) is 30.2 Å². The van der Waals surface area contributed by atoms with E-state index in [2.05, 4.69) is 10.3 Å². The van der Waals surface area contributed by atoms with E-state index in [0.717, 1.165) is 5.56 Å². The number of nitrogens with zero attached hydrogens (tertiary/aromatic N) is 1. The van der Waals surface area contributed by atoms with Crippen molar-refractivity contribution in [2.24, 2.45) is 0 Å². The summed E-state index contributed by atoms with van der Waals surface area (Å²) in [6.07, 6.45) is 1.24. The van der Waals surface area contributed by atoms with Crippen LogP contribution in [0, 0.1) is 5.82 Å². The number of nitrogens with one attached hydrogen (secondary N) is 1. The number of halogens is 1. The van der Waals surface area contributed by atoms with E-state index in [1.165, 1.54) is 12.3 Å². The first-order chi connectivity index (χ1) is 11.8. The van der Waals surface area contributed by atoms with Gasteiger partial charge in [-0.1, -0.05) is 18.2 Å². The second-order valence-electron chi connectivity index (χ2n) is 7.02. The lowest BCUT2D eigenvalue weighted by Crippen LogP contribution is -2.35. The van der Waals surface area contributed by atoms with Crippen molar-refractivity contribution < 1.29 is 18.7 Å². The minimum absolute atomic E-state index is 0.0528. The summed E-state index contributed by atoms with van der Waals surface area (Å²) in [5, 5.41) is 2.80. The number of carbonyl (C=O) groups is 1. The molecular formula is C19H21FN2O3. The van der Waals surface area contributed by atoms with Crippen LogP contribution < -0.4 is 10.1 Å². The van der Waals surface area contributed by atoms with E-state index < -0.39 is 17.5 Å². The van der Waals surface area contributed by atoms with Crippen molar-refractivity contribution in [1.82, 2.24) is 10.3 Å². The number of ether oxygens (including phenoxy) is 2. The summed E-state index contributed by atoms with van der Waals surface area (Å²) in [6.45, 7) is 5.82. The Kier molecular flexibility index (Phi) is 4.61. The van der Waals surface area contributed by atoms with Crippen LogP contribution >= 0.6 is 0 Å². The molecule has 0 aliphatic carbocycles. The molecule has 3 rings (SSSR count). The topological polar surface area (TPSA) is 60.5 Å². The lowest BCUT2D eigenvalue weighted by molar-refractivity contribution is 0.0524. The van der Waals surface area contributed by atoms with Crippen LogP contribution in [0.3, 0.4) is 0 Å². The van der Waals surface area contributed by atoms with Crippen LogP contribution in [0.25, 0.3) is 0 Å². The number of rotatable bonds is 2. The molecule has 1 aliphatic heterocycles. The van der Waals surface area contributed by atoms with Gasteiger partial charge >= 0.3 is 6.09 Å². The van der Waals surface area contributed by atoms with E-state index in [1.807, 2.05) is 45.0 Å². The zero-order chi connectivity index (χ0) is 18.0. The molecule has 0 saturated heterocycles. The molecular weight excluding hydrogens is 323 g/mol. The Morgan fingerprint density at radius 1 is 1.36 bits per heavy atom. The number of benzene rings is 1. The fourth-order valence-corrected chi connectivity index (χ4v) is 2.77. The monoisotopic (exact) mass is 344 g/mol. The Balaban J connectivity index is 1.83. The normalized spacial score (nSPS) is 16.1. The van der Waals surface area contributed by atoms with Crippen LogP contribution in [0.1, 0.15) is 37.9 Å². The molecule has 1 aromatic carbocycles. The first-order valence-electron chi connectivity index (χ1n) is 8.20. The van der Waals surface area contributed by atoms with E-state index in [1.54, 1.807) is 0 Å². The Morgan fingerprint density at radius 3 is 2.88 bits per heavy atom. The average molecular weight is 344 g/mol. The summed E-state index contributed by atoms with van der Waals surface area (Å²) in [4.78, 5) is 16.1. The van der Waals surface area contributed by atoms with Crippen molar-refractivity contribution in [3.8, 4) is 11.5 Å². The minimum atomic E-state index is -0.555. The van der Waals surface area contributed by atoms with Gasteiger partial charge in [0.05, 0.1) is 11.9 Å². The largest absolute Gasteiger partial charge is 0.455 e. The van der Waals surface area contributed by atoms with Crippen molar-refractivity contribution in [2.75, 3.05) is 6.54 Å². The van der Waals surface area contributed by atoms with Gasteiger partial charge in [-0.05, 0) is 26.8 Å². The van der Waals surface area contributed by atoms with Gasteiger partial charge in [0, 0.05) is 30.5 Å². The summed E-state index contributed by atoms with van der Waals surface area (Å²) in [6, 6.07) is 8.87. The Morgan fingerprint density at radius 2 is 2.12 bits per heavy atom. The third-order valence-corrected chi connectivity index (χ3v) is 3.81. The van der Waals surface area contributed by atoms with Crippen LogP contribution in [0.5, 0.6) is 11.5 Å². The maximum Gasteiger partial charge on any atom is 0.407 e. The van der Waals surface area contributed by atoms with Crippen molar-refractivity contribution in [2.45, 2.75) is 38.7 Å². The summed E-state index contributed by atoms with van der Waals surface area (Å²) in [5.74, 6) is 0.557. The highest BCUT2D eigenvalue weighted by Crippen LogP contribution is 2.38. The maximum absolute atomic E-state index is 13.5. The van der Waals surface area contributed by atoms with E-state index >= 15 is 0 Å². The van der Waals surface area contributed by atoms with E-state index in [9.17, 15) is 9.18 Å². The van der Waals surface area contributed by atoms with Crippen LogP contribution in [0.15, 0.2) is 36.5 Å². The van der Waals surface area contributed by atoms with Gasteiger partial charge in [-0.3, -0.25) is 4.98 Å². The highest BCUT2D eigenvalue weighted by Gasteiger charge is 2.26. The van der Waals surface area contributed by atoms with Gasteiger partial charge in [0.1, 0.15) is 17.2 Å². The van der Waals surface area contributed by atoms with Gasteiger partial charge in [0.2, 0.25) is 0 Å². The number of carbonyl (C=O) groups excluding carboxylic acids is 1. The number of hydrogen-bond acceptors (Lipinski definition) is 4. The molecule has 25 heavy (non-hydrogen) atoms. The number of amides is 1. The molecule has 0 saturated carbocycles. The number of aromatic nitrogens is 1. The molecule has 0 bridgehead atoms. The molecule has 1 aliphatic rings. The molecule has 0 radical (unpaired) electrons. The third kappa shape index (κ3) is 4.26. The molecule has 0 unspecified atom stereocenters. The first kappa shape index (κ1) is 17.2. The lowest BCUT2D eigenvalue weighted by atomic mass is 9.94. The molecule has 1 atom stereocenters. The van der Waals surface area contributed by atoms with Gasteiger partial charge in [-0.25, -0.2) is 9.18 Å².